The number of benzene rings is 1. The molecule has 0 heterocycles. The lowest BCUT2D eigenvalue weighted by molar-refractivity contribution is 0.351. The maximum Gasteiger partial charge on any atom is 0.162 e. The zero-order chi connectivity index (χ0) is 10.7. The smallest absolute Gasteiger partial charge is 0.162 e. The molecule has 1 aromatic rings. The quantitative estimate of drug-likeness (QED) is 0.689. The van der Waals surface area contributed by atoms with Crippen molar-refractivity contribution in [1.82, 2.24) is 0 Å². The van der Waals surface area contributed by atoms with Crippen molar-refractivity contribution in [3.05, 3.63) is 35.4 Å². The van der Waals surface area contributed by atoms with E-state index in [1.54, 1.807) is 12.1 Å². The molecule has 1 saturated carbocycles. The van der Waals surface area contributed by atoms with Crippen LogP contribution in [0.5, 0.6) is 0 Å². The summed E-state index contributed by atoms with van der Waals surface area (Å²) in [5.74, 6) is -0.818. The number of hydrogen-bond acceptors (Lipinski definition) is 0. The molecule has 0 aromatic heterocycles. The summed E-state index contributed by atoms with van der Waals surface area (Å²) < 4.78 is 26.3. The van der Waals surface area contributed by atoms with Crippen molar-refractivity contribution in [3.8, 4) is 0 Å². The zero-order valence-electron chi connectivity index (χ0n) is 8.81. The molecule has 1 aliphatic carbocycles. The van der Waals surface area contributed by atoms with E-state index in [0.717, 1.165) is 12.8 Å². The molecule has 0 saturated heterocycles. The maximum atomic E-state index is 13.4. The summed E-state index contributed by atoms with van der Waals surface area (Å²) in [5.41, 5.74) is 0.543. The maximum absolute atomic E-state index is 13.4. The van der Waals surface area contributed by atoms with Crippen molar-refractivity contribution in [1.29, 1.82) is 0 Å². The molecule has 82 valence electrons. The van der Waals surface area contributed by atoms with Gasteiger partial charge in [-0.05, 0) is 24.0 Å². The predicted molar refractivity (Wildman–Crippen MR) is 56.6 cm³/mol. The second kappa shape index (κ2) is 4.73. The molecule has 0 atom stereocenters. The molecule has 0 aliphatic heterocycles. The molecule has 1 fully saturated rings. The standard InChI is InChI=1S/C13H16F2/c14-12-8-4-7-11(13(12)15)9-10-5-2-1-3-6-10/h4,7-8,10H,1-3,5-6,9H2. The van der Waals surface area contributed by atoms with Crippen LogP contribution in [0.3, 0.4) is 0 Å². The van der Waals surface area contributed by atoms with Crippen molar-refractivity contribution >= 4 is 0 Å². The Kier molecular flexibility index (Phi) is 3.34. The van der Waals surface area contributed by atoms with E-state index in [0.29, 0.717) is 17.9 Å². The van der Waals surface area contributed by atoms with Crippen LogP contribution in [-0.2, 0) is 6.42 Å². The highest BCUT2D eigenvalue weighted by molar-refractivity contribution is 5.19. The first-order chi connectivity index (χ1) is 7.27. The Labute approximate surface area is 89.3 Å². The molecule has 0 unspecified atom stereocenters. The van der Waals surface area contributed by atoms with Crippen molar-refractivity contribution in [2.24, 2.45) is 5.92 Å². The second-order valence-corrected chi connectivity index (χ2v) is 4.42. The van der Waals surface area contributed by atoms with Crippen molar-refractivity contribution < 1.29 is 8.78 Å². The first-order valence-electron chi connectivity index (χ1n) is 5.70. The van der Waals surface area contributed by atoms with Crippen molar-refractivity contribution in [3.63, 3.8) is 0 Å². The summed E-state index contributed by atoms with van der Waals surface area (Å²) in [6.07, 6.45) is 6.79. The van der Waals surface area contributed by atoms with Gasteiger partial charge in [0.25, 0.3) is 0 Å². The lowest BCUT2D eigenvalue weighted by Gasteiger charge is -2.21. The third-order valence-corrected chi connectivity index (χ3v) is 3.26. The van der Waals surface area contributed by atoms with E-state index in [-0.39, 0.29) is 0 Å². The highest BCUT2D eigenvalue weighted by Gasteiger charge is 2.16. The highest BCUT2D eigenvalue weighted by atomic mass is 19.2. The topological polar surface area (TPSA) is 0 Å². The van der Waals surface area contributed by atoms with Gasteiger partial charge < -0.3 is 0 Å². The summed E-state index contributed by atoms with van der Waals surface area (Å²) >= 11 is 0. The van der Waals surface area contributed by atoms with Gasteiger partial charge in [-0.25, -0.2) is 8.78 Å². The van der Waals surface area contributed by atoms with E-state index in [1.807, 2.05) is 0 Å². The molecule has 2 heteroatoms. The molecular weight excluding hydrogens is 194 g/mol. The second-order valence-electron chi connectivity index (χ2n) is 4.42. The normalized spacial score (nSPS) is 18.0. The van der Waals surface area contributed by atoms with Gasteiger partial charge in [0, 0.05) is 0 Å². The van der Waals surface area contributed by atoms with Crippen LogP contribution in [0, 0.1) is 17.6 Å². The lowest BCUT2D eigenvalue weighted by Crippen LogP contribution is -2.10. The lowest BCUT2D eigenvalue weighted by atomic mass is 9.85. The fourth-order valence-electron chi connectivity index (χ4n) is 2.41. The minimum atomic E-state index is -0.719. The average molecular weight is 210 g/mol. The fourth-order valence-corrected chi connectivity index (χ4v) is 2.41. The first kappa shape index (κ1) is 10.6. The van der Waals surface area contributed by atoms with E-state index in [4.69, 9.17) is 0 Å². The van der Waals surface area contributed by atoms with E-state index in [1.165, 1.54) is 25.3 Å². The van der Waals surface area contributed by atoms with Crippen LogP contribution in [0.2, 0.25) is 0 Å². The van der Waals surface area contributed by atoms with Crippen molar-refractivity contribution in [2.75, 3.05) is 0 Å². The Balaban J connectivity index is 2.06. The van der Waals surface area contributed by atoms with Gasteiger partial charge in [-0.3, -0.25) is 0 Å². The van der Waals surface area contributed by atoms with Crippen molar-refractivity contribution in [2.45, 2.75) is 38.5 Å². The number of rotatable bonds is 2. The summed E-state index contributed by atoms with van der Waals surface area (Å²) in [5, 5.41) is 0. The van der Waals surface area contributed by atoms with Crippen LogP contribution in [0.25, 0.3) is 0 Å². The summed E-state index contributed by atoms with van der Waals surface area (Å²) in [7, 11) is 0. The van der Waals surface area contributed by atoms with Gasteiger partial charge in [-0.2, -0.15) is 0 Å². The zero-order valence-corrected chi connectivity index (χ0v) is 8.81. The SMILES string of the molecule is Fc1cccc(CC2CCCCC2)c1F. The van der Waals surface area contributed by atoms with Crippen LogP contribution < -0.4 is 0 Å². The summed E-state index contributed by atoms with van der Waals surface area (Å²) in [4.78, 5) is 0. The van der Waals surface area contributed by atoms with Crippen LogP contribution in [-0.4, -0.2) is 0 Å². The third-order valence-electron chi connectivity index (χ3n) is 3.26. The molecule has 0 amide bonds. The third kappa shape index (κ3) is 2.55. The van der Waals surface area contributed by atoms with Crippen LogP contribution >= 0.6 is 0 Å². The van der Waals surface area contributed by atoms with E-state index < -0.39 is 11.6 Å². The van der Waals surface area contributed by atoms with Gasteiger partial charge >= 0.3 is 0 Å². The van der Waals surface area contributed by atoms with Gasteiger partial charge in [-0.1, -0.05) is 44.2 Å². The Bertz CT molecular complexity index is 327. The fraction of sp³-hybridized carbons (Fsp3) is 0.538. The Morgan fingerprint density at radius 2 is 1.80 bits per heavy atom. The van der Waals surface area contributed by atoms with Crippen LogP contribution in [0.15, 0.2) is 18.2 Å². The number of halogens is 2. The Morgan fingerprint density at radius 3 is 2.53 bits per heavy atom. The summed E-state index contributed by atoms with van der Waals surface area (Å²) in [6, 6.07) is 4.48. The molecule has 2 rings (SSSR count). The summed E-state index contributed by atoms with van der Waals surface area (Å²) in [6.45, 7) is 0. The van der Waals surface area contributed by atoms with Gasteiger partial charge in [0.05, 0.1) is 0 Å². The predicted octanol–water partition coefficient (Wildman–Crippen LogP) is 4.09. The molecule has 0 spiro atoms. The van der Waals surface area contributed by atoms with Gasteiger partial charge in [-0.15, -0.1) is 0 Å². The first-order valence-corrected chi connectivity index (χ1v) is 5.70. The molecule has 0 radical (unpaired) electrons. The van der Waals surface area contributed by atoms with E-state index in [9.17, 15) is 8.78 Å². The van der Waals surface area contributed by atoms with Gasteiger partial charge in [0.1, 0.15) is 0 Å². The van der Waals surface area contributed by atoms with E-state index in [2.05, 4.69) is 0 Å². The molecule has 0 nitrogen and oxygen atoms in total. The monoisotopic (exact) mass is 210 g/mol. The van der Waals surface area contributed by atoms with Crippen LogP contribution in [0.1, 0.15) is 37.7 Å². The minimum absolute atomic E-state index is 0.543. The Morgan fingerprint density at radius 1 is 1.07 bits per heavy atom. The molecule has 0 bridgehead atoms. The number of hydrogen-bond donors (Lipinski definition) is 0. The molecular formula is C13H16F2. The van der Waals surface area contributed by atoms with Crippen LogP contribution in [0.4, 0.5) is 8.78 Å². The van der Waals surface area contributed by atoms with Gasteiger partial charge in [0.15, 0.2) is 11.6 Å². The molecule has 0 N–H and O–H groups in total. The highest BCUT2D eigenvalue weighted by Crippen LogP contribution is 2.27. The molecule has 1 aliphatic rings. The molecule has 15 heavy (non-hydrogen) atoms. The largest absolute Gasteiger partial charge is 0.204 e. The van der Waals surface area contributed by atoms with Gasteiger partial charge in [0.2, 0.25) is 0 Å². The minimum Gasteiger partial charge on any atom is -0.204 e. The average Bonchev–Trinajstić information content (AvgIpc) is 2.26. The molecule has 1 aromatic carbocycles. The Hall–Kier alpha value is -0.920. The van der Waals surface area contributed by atoms with E-state index >= 15 is 0 Å².